The van der Waals surface area contributed by atoms with Crippen LogP contribution in [0.4, 0.5) is 5.69 Å². The molecule has 0 aromatic heterocycles. The number of anilines is 1. The van der Waals surface area contributed by atoms with E-state index >= 15 is 0 Å². The Balaban J connectivity index is 2.03. The summed E-state index contributed by atoms with van der Waals surface area (Å²) < 4.78 is 0. The molecule has 3 N–H and O–H groups in total. The lowest BCUT2D eigenvalue weighted by Gasteiger charge is -2.16. The van der Waals surface area contributed by atoms with Crippen LogP contribution < -0.4 is 5.32 Å². The summed E-state index contributed by atoms with van der Waals surface area (Å²) in [6.07, 6.45) is 3.54. The number of phenolic OH excluding ortho intramolecular Hbond substituents is 2. The van der Waals surface area contributed by atoms with Crippen molar-refractivity contribution in [1.82, 2.24) is 0 Å². The van der Waals surface area contributed by atoms with Crippen LogP contribution >= 0.6 is 0 Å². The number of aromatic hydroxyl groups is 2. The van der Waals surface area contributed by atoms with Crippen molar-refractivity contribution in [2.75, 3.05) is 5.32 Å². The predicted octanol–water partition coefficient (Wildman–Crippen LogP) is 4.61. The molecule has 0 aliphatic heterocycles. The molecule has 1 unspecified atom stereocenters. The summed E-state index contributed by atoms with van der Waals surface area (Å²) in [7, 11) is 0. The highest BCUT2D eigenvalue weighted by Gasteiger charge is 2.08. The third kappa shape index (κ3) is 4.42. The van der Waals surface area contributed by atoms with Crippen LogP contribution in [-0.2, 0) is 6.42 Å². The Kier molecular flexibility index (Phi) is 5.09. The molecule has 3 heteroatoms. The van der Waals surface area contributed by atoms with Gasteiger partial charge in [0.25, 0.3) is 0 Å². The SMILES string of the molecule is CCCCc1ccc(NC(C)c2cc(O)cc(O)c2)cc1. The molecule has 0 aliphatic carbocycles. The molecule has 2 aromatic rings. The van der Waals surface area contributed by atoms with Crippen LogP contribution in [0.2, 0.25) is 0 Å². The number of phenols is 2. The minimum atomic E-state index is 0.00416. The number of aryl methyl sites for hydroxylation is 1. The number of unbranched alkanes of at least 4 members (excludes halogenated alkanes) is 1. The van der Waals surface area contributed by atoms with E-state index in [-0.39, 0.29) is 17.5 Å². The van der Waals surface area contributed by atoms with Gasteiger partial charge in [-0.25, -0.2) is 0 Å². The molecule has 0 bridgehead atoms. The maximum absolute atomic E-state index is 9.54. The Morgan fingerprint density at radius 2 is 1.62 bits per heavy atom. The molecule has 0 heterocycles. The molecule has 0 amide bonds. The van der Waals surface area contributed by atoms with Gasteiger partial charge < -0.3 is 15.5 Å². The van der Waals surface area contributed by atoms with E-state index in [9.17, 15) is 10.2 Å². The number of hydrogen-bond donors (Lipinski definition) is 3. The van der Waals surface area contributed by atoms with Crippen LogP contribution in [0, 0.1) is 0 Å². The van der Waals surface area contributed by atoms with Gasteiger partial charge in [0.05, 0.1) is 0 Å². The number of nitrogens with one attached hydrogen (secondary N) is 1. The lowest BCUT2D eigenvalue weighted by atomic mass is 10.1. The maximum atomic E-state index is 9.54. The highest BCUT2D eigenvalue weighted by molar-refractivity contribution is 5.48. The van der Waals surface area contributed by atoms with Gasteiger partial charge in [-0.2, -0.15) is 0 Å². The van der Waals surface area contributed by atoms with Crippen molar-refractivity contribution in [2.45, 2.75) is 39.2 Å². The first-order valence-corrected chi connectivity index (χ1v) is 7.47. The van der Waals surface area contributed by atoms with Crippen molar-refractivity contribution >= 4 is 5.69 Å². The lowest BCUT2D eigenvalue weighted by molar-refractivity contribution is 0.448. The van der Waals surface area contributed by atoms with E-state index in [1.54, 1.807) is 12.1 Å². The highest BCUT2D eigenvalue weighted by Crippen LogP contribution is 2.27. The molecular formula is C18H23NO2. The van der Waals surface area contributed by atoms with E-state index < -0.39 is 0 Å². The Morgan fingerprint density at radius 1 is 1.00 bits per heavy atom. The van der Waals surface area contributed by atoms with Gasteiger partial charge in [0.15, 0.2) is 0 Å². The normalized spacial score (nSPS) is 12.1. The summed E-state index contributed by atoms with van der Waals surface area (Å²) in [5, 5.41) is 22.5. The van der Waals surface area contributed by atoms with Crippen LogP contribution in [0.15, 0.2) is 42.5 Å². The number of hydrogen-bond acceptors (Lipinski definition) is 3. The molecule has 0 radical (unpaired) electrons. The average Bonchev–Trinajstić information content (AvgIpc) is 2.45. The topological polar surface area (TPSA) is 52.5 Å². The quantitative estimate of drug-likeness (QED) is 0.726. The molecule has 0 fully saturated rings. The zero-order valence-corrected chi connectivity index (χ0v) is 12.6. The van der Waals surface area contributed by atoms with Gasteiger partial charge in [0.1, 0.15) is 11.5 Å². The minimum Gasteiger partial charge on any atom is -0.508 e. The molecule has 0 saturated heterocycles. The molecule has 2 rings (SSSR count). The van der Waals surface area contributed by atoms with Crippen LogP contribution in [0.5, 0.6) is 11.5 Å². The van der Waals surface area contributed by atoms with Crippen molar-refractivity contribution in [3.8, 4) is 11.5 Å². The van der Waals surface area contributed by atoms with Gasteiger partial charge in [-0.3, -0.25) is 0 Å². The van der Waals surface area contributed by atoms with Crippen molar-refractivity contribution in [3.05, 3.63) is 53.6 Å². The lowest BCUT2D eigenvalue weighted by Crippen LogP contribution is -2.06. The second kappa shape index (κ2) is 7.02. The zero-order valence-electron chi connectivity index (χ0n) is 12.6. The standard InChI is InChI=1S/C18H23NO2/c1-3-4-5-14-6-8-16(9-7-14)19-13(2)15-10-17(20)12-18(21)11-15/h6-13,19-21H,3-5H2,1-2H3. The fourth-order valence-corrected chi connectivity index (χ4v) is 2.35. The van der Waals surface area contributed by atoms with Crippen molar-refractivity contribution in [1.29, 1.82) is 0 Å². The molecule has 0 aliphatic rings. The summed E-state index contributed by atoms with van der Waals surface area (Å²) in [6.45, 7) is 4.20. The molecule has 1 atom stereocenters. The highest BCUT2D eigenvalue weighted by atomic mass is 16.3. The van der Waals surface area contributed by atoms with Crippen molar-refractivity contribution < 1.29 is 10.2 Å². The summed E-state index contributed by atoms with van der Waals surface area (Å²) in [5.74, 6) is 0.155. The Bertz CT molecular complexity index is 558. The van der Waals surface area contributed by atoms with Gasteiger partial charge in [0, 0.05) is 17.8 Å². The summed E-state index contributed by atoms with van der Waals surface area (Å²) in [4.78, 5) is 0. The van der Waals surface area contributed by atoms with E-state index in [2.05, 4.69) is 36.5 Å². The molecule has 0 saturated carbocycles. The average molecular weight is 285 g/mol. The maximum Gasteiger partial charge on any atom is 0.119 e. The fourth-order valence-electron chi connectivity index (χ4n) is 2.35. The van der Waals surface area contributed by atoms with E-state index in [0.29, 0.717) is 0 Å². The van der Waals surface area contributed by atoms with Crippen LogP contribution in [-0.4, -0.2) is 10.2 Å². The largest absolute Gasteiger partial charge is 0.508 e. The second-order valence-corrected chi connectivity index (χ2v) is 5.45. The molecular weight excluding hydrogens is 262 g/mol. The Labute approximate surface area is 126 Å². The fraction of sp³-hybridized carbons (Fsp3) is 0.333. The molecule has 0 spiro atoms. The third-order valence-electron chi connectivity index (χ3n) is 3.58. The Morgan fingerprint density at radius 3 is 2.19 bits per heavy atom. The van der Waals surface area contributed by atoms with Crippen molar-refractivity contribution in [2.24, 2.45) is 0 Å². The van der Waals surface area contributed by atoms with Crippen LogP contribution in [0.3, 0.4) is 0 Å². The first kappa shape index (κ1) is 15.2. The van der Waals surface area contributed by atoms with Crippen molar-refractivity contribution in [3.63, 3.8) is 0 Å². The molecule has 21 heavy (non-hydrogen) atoms. The molecule has 2 aromatic carbocycles. The Hall–Kier alpha value is -2.16. The predicted molar refractivity (Wildman–Crippen MR) is 86.9 cm³/mol. The summed E-state index contributed by atoms with van der Waals surface area (Å²) in [5.41, 5.74) is 3.23. The minimum absolute atomic E-state index is 0.00416. The first-order chi connectivity index (χ1) is 10.1. The second-order valence-electron chi connectivity index (χ2n) is 5.45. The van der Waals surface area contributed by atoms with Gasteiger partial charge in [-0.1, -0.05) is 25.5 Å². The third-order valence-corrected chi connectivity index (χ3v) is 3.58. The number of rotatable bonds is 6. The van der Waals surface area contributed by atoms with Gasteiger partial charge in [-0.15, -0.1) is 0 Å². The number of benzene rings is 2. The summed E-state index contributed by atoms with van der Waals surface area (Å²) >= 11 is 0. The van der Waals surface area contributed by atoms with E-state index in [0.717, 1.165) is 17.7 Å². The van der Waals surface area contributed by atoms with Gasteiger partial charge in [-0.05, 0) is 55.2 Å². The van der Waals surface area contributed by atoms with E-state index in [1.165, 1.54) is 24.5 Å². The van der Waals surface area contributed by atoms with Gasteiger partial charge >= 0.3 is 0 Å². The zero-order chi connectivity index (χ0) is 15.2. The molecule has 3 nitrogen and oxygen atoms in total. The smallest absolute Gasteiger partial charge is 0.119 e. The molecule has 112 valence electrons. The van der Waals surface area contributed by atoms with Crippen LogP contribution in [0.1, 0.15) is 43.9 Å². The monoisotopic (exact) mass is 285 g/mol. The first-order valence-electron chi connectivity index (χ1n) is 7.47. The van der Waals surface area contributed by atoms with E-state index in [1.807, 2.05) is 6.92 Å². The van der Waals surface area contributed by atoms with Crippen LogP contribution in [0.25, 0.3) is 0 Å². The van der Waals surface area contributed by atoms with Gasteiger partial charge in [0.2, 0.25) is 0 Å². The van der Waals surface area contributed by atoms with E-state index in [4.69, 9.17) is 0 Å². The summed E-state index contributed by atoms with van der Waals surface area (Å²) in [6, 6.07) is 13.1.